The van der Waals surface area contributed by atoms with E-state index in [1.165, 1.54) is 18.3 Å². The molecule has 0 radical (unpaired) electrons. The number of sulfone groups is 1. The lowest BCUT2D eigenvalue weighted by Gasteiger charge is -2.05. The predicted molar refractivity (Wildman–Crippen MR) is 69.9 cm³/mol. The number of pyridine rings is 1. The maximum atomic E-state index is 12.3. The van der Waals surface area contributed by atoms with Crippen LogP contribution < -0.4 is 5.73 Å². The minimum absolute atomic E-state index is 0.154. The Kier molecular flexibility index (Phi) is 3.34. The van der Waals surface area contributed by atoms with Gasteiger partial charge in [0, 0.05) is 6.20 Å². The van der Waals surface area contributed by atoms with Gasteiger partial charge in [0.25, 0.3) is 0 Å². The Hall–Kier alpha value is -1.88. The number of nitrogens with zero attached hydrogens (tertiary/aromatic N) is 1. The molecule has 2 N–H and O–H groups in total. The summed E-state index contributed by atoms with van der Waals surface area (Å²) in [5.74, 6) is 0.301. The van der Waals surface area contributed by atoms with Gasteiger partial charge in [-0.2, -0.15) is 0 Å². The lowest BCUT2D eigenvalue weighted by atomic mass is 10.2. The molecule has 0 unspecified atom stereocenters. The normalized spacial score (nSPS) is 11.4. The van der Waals surface area contributed by atoms with Gasteiger partial charge >= 0.3 is 0 Å². The molecule has 2 rings (SSSR count). The molecule has 1 aromatic carbocycles. The molecule has 0 amide bonds. The zero-order valence-corrected chi connectivity index (χ0v) is 10.8. The minimum atomic E-state index is -3.50. The molecule has 0 aliphatic carbocycles. The van der Waals surface area contributed by atoms with Gasteiger partial charge in [-0.3, -0.25) is 0 Å². The van der Waals surface area contributed by atoms with Gasteiger partial charge in [0.2, 0.25) is 9.84 Å². The first-order valence-electron chi connectivity index (χ1n) is 5.59. The highest BCUT2D eigenvalue weighted by Crippen LogP contribution is 2.21. The van der Waals surface area contributed by atoms with Crippen LogP contribution in [0.3, 0.4) is 0 Å². The van der Waals surface area contributed by atoms with Crippen LogP contribution in [0.4, 0.5) is 5.82 Å². The second-order valence-electron chi connectivity index (χ2n) is 3.92. The number of benzene rings is 1. The SMILES string of the molecule is CCc1ccc(S(=O)(=O)c2ccc(N)nc2)cc1. The first-order valence-corrected chi connectivity index (χ1v) is 7.08. The van der Waals surface area contributed by atoms with Gasteiger partial charge in [0.1, 0.15) is 5.82 Å². The molecule has 94 valence electrons. The molecule has 4 nitrogen and oxygen atoms in total. The van der Waals surface area contributed by atoms with E-state index in [4.69, 9.17) is 5.73 Å². The number of nitrogen functional groups attached to an aromatic ring is 1. The molecule has 0 atom stereocenters. The van der Waals surface area contributed by atoms with Crippen LogP contribution in [-0.4, -0.2) is 13.4 Å². The summed E-state index contributed by atoms with van der Waals surface area (Å²) in [7, 11) is -3.50. The summed E-state index contributed by atoms with van der Waals surface area (Å²) in [5, 5.41) is 0. The molecule has 0 bridgehead atoms. The average molecular weight is 262 g/mol. The van der Waals surface area contributed by atoms with Crippen LogP contribution in [0.15, 0.2) is 52.4 Å². The van der Waals surface area contributed by atoms with Crippen LogP contribution in [0.5, 0.6) is 0 Å². The van der Waals surface area contributed by atoms with Gasteiger partial charge in [0.15, 0.2) is 0 Å². The van der Waals surface area contributed by atoms with E-state index in [0.717, 1.165) is 12.0 Å². The molecule has 0 spiro atoms. The van der Waals surface area contributed by atoms with Gasteiger partial charge < -0.3 is 5.73 Å². The first-order chi connectivity index (χ1) is 8.54. The van der Waals surface area contributed by atoms with Crippen molar-refractivity contribution in [2.24, 2.45) is 0 Å². The molecule has 5 heteroatoms. The van der Waals surface area contributed by atoms with Crippen molar-refractivity contribution in [2.75, 3.05) is 5.73 Å². The summed E-state index contributed by atoms with van der Waals surface area (Å²) in [4.78, 5) is 4.23. The minimum Gasteiger partial charge on any atom is -0.384 e. The Morgan fingerprint density at radius 2 is 1.67 bits per heavy atom. The molecule has 2 aromatic rings. The van der Waals surface area contributed by atoms with Crippen LogP contribution in [0.25, 0.3) is 0 Å². The van der Waals surface area contributed by atoms with Crippen LogP contribution in [0, 0.1) is 0 Å². The smallest absolute Gasteiger partial charge is 0.208 e. The Morgan fingerprint density at radius 3 is 2.17 bits per heavy atom. The van der Waals surface area contributed by atoms with E-state index < -0.39 is 9.84 Å². The van der Waals surface area contributed by atoms with Gasteiger partial charge in [-0.1, -0.05) is 19.1 Å². The zero-order valence-electron chi connectivity index (χ0n) is 10.00. The molecule has 0 aliphatic heterocycles. The van der Waals surface area contributed by atoms with Crippen molar-refractivity contribution in [3.8, 4) is 0 Å². The van der Waals surface area contributed by atoms with E-state index in [2.05, 4.69) is 4.98 Å². The van der Waals surface area contributed by atoms with Gasteiger partial charge in [-0.25, -0.2) is 13.4 Å². The van der Waals surface area contributed by atoms with Crippen molar-refractivity contribution < 1.29 is 8.42 Å². The van der Waals surface area contributed by atoms with E-state index in [9.17, 15) is 8.42 Å². The fourth-order valence-corrected chi connectivity index (χ4v) is 2.80. The molecule has 1 heterocycles. The van der Waals surface area contributed by atoms with Crippen molar-refractivity contribution >= 4 is 15.7 Å². The molecule has 18 heavy (non-hydrogen) atoms. The monoisotopic (exact) mass is 262 g/mol. The van der Waals surface area contributed by atoms with Crippen molar-refractivity contribution in [1.29, 1.82) is 0 Å². The summed E-state index contributed by atoms with van der Waals surface area (Å²) < 4.78 is 24.5. The predicted octanol–water partition coefficient (Wildman–Crippen LogP) is 2.06. The van der Waals surface area contributed by atoms with E-state index >= 15 is 0 Å². The van der Waals surface area contributed by atoms with Crippen LogP contribution >= 0.6 is 0 Å². The van der Waals surface area contributed by atoms with Gasteiger partial charge in [0.05, 0.1) is 9.79 Å². The summed E-state index contributed by atoms with van der Waals surface area (Å²) >= 11 is 0. The van der Waals surface area contributed by atoms with Crippen LogP contribution in [0.2, 0.25) is 0 Å². The molecule has 0 aliphatic rings. The third kappa shape index (κ3) is 2.36. The van der Waals surface area contributed by atoms with Crippen molar-refractivity contribution in [2.45, 2.75) is 23.1 Å². The molecular formula is C13H14N2O2S. The van der Waals surface area contributed by atoms with Crippen LogP contribution in [-0.2, 0) is 16.3 Å². The highest BCUT2D eigenvalue weighted by Gasteiger charge is 2.17. The first kappa shape index (κ1) is 12.6. The quantitative estimate of drug-likeness (QED) is 0.918. The number of rotatable bonds is 3. The molecule has 0 saturated heterocycles. The molecule has 0 saturated carbocycles. The van der Waals surface area contributed by atoms with E-state index in [0.29, 0.717) is 5.82 Å². The van der Waals surface area contributed by atoms with Gasteiger partial charge in [-0.15, -0.1) is 0 Å². The van der Waals surface area contributed by atoms with Crippen molar-refractivity contribution in [3.63, 3.8) is 0 Å². The van der Waals surface area contributed by atoms with Crippen LogP contribution in [0.1, 0.15) is 12.5 Å². The molecule has 1 aromatic heterocycles. The number of hydrogen-bond acceptors (Lipinski definition) is 4. The average Bonchev–Trinajstić information content (AvgIpc) is 2.39. The summed E-state index contributed by atoms with van der Waals surface area (Å²) in [6, 6.07) is 9.81. The Morgan fingerprint density at radius 1 is 1.06 bits per heavy atom. The Labute approximate surface area is 106 Å². The number of nitrogens with two attached hydrogens (primary N) is 1. The number of aromatic nitrogens is 1. The van der Waals surface area contributed by atoms with E-state index in [1.54, 1.807) is 12.1 Å². The summed E-state index contributed by atoms with van der Waals surface area (Å²) in [5.41, 5.74) is 6.54. The molecular weight excluding hydrogens is 248 g/mol. The number of aryl methyl sites for hydroxylation is 1. The third-order valence-corrected chi connectivity index (χ3v) is 4.47. The fourth-order valence-electron chi connectivity index (χ4n) is 1.59. The summed E-state index contributed by atoms with van der Waals surface area (Å²) in [6.45, 7) is 2.02. The maximum absolute atomic E-state index is 12.3. The highest BCUT2D eigenvalue weighted by atomic mass is 32.2. The highest BCUT2D eigenvalue weighted by molar-refractivity contribution is 7.91. The second-order valence-corrected chi connectivity index (χ2v) is 5.87. The standard InChI is InChI=1S/C13H14N2O2S/c1-2-10-3-5-11(6-4-10)18(16,17)12-7-8-13(14)15-9-12/h3-9H,2H2,1H3,(H2,14,15). The maximum Gasteiger partial charge on any atom is 0.208 e. The lowest BCUT2D eigenvalue weighted by molar-refractivity contribution is 0.595. The second kappa shape index (κ2) is 4.78. The zero-order chi connectivity index (χ0) is 13.2. The van der Waals surface area contributed by atoms with E-state index in [1.807, 2.05) is 19.1 Å². The third-order valence-electron chi connectivity index (χ3n) is 2.71. The topological polar surface area (TPSA) is 73.0 Å². The number of hydrogen-bond donors (Lipinski definition) is 1. The van der Waals surface area contributed by atoms with E-state index in [-0.39, 0.29) is 9.79 Å². The van der Waals surface area contributed by atoms with Crippen molar-refractivity contribution in [1.82, 2.24) is 4.98 Å². The summed E-state index contributed by atoms with van der Waals surface area (Å²) in [6.07, 6.45) is 2.15. The fraction of sp³-hybridized carbons (Fsp3) is 0.154. The van der Waals surface area contributed by atoms with Crippen molar-refractivity contribution in [3.05, 3.63) is 48.2 Å². The Bertz CT molecular complexity index is 632. The number of anilines is 1. The Balaban J connectivity index is 2.44. The largest absolute Gasteiger partial charge is 0.384 e. The molecule has 0 fully saturated rings. The van der Waals surface area contributed by atoms with Gasteiger partial charge in [-0.05, 0) is 36.2 Å². The lowest BCUT2D eigenvalue weighted by Crippen LogP contribution is -2.03.